The molecule has 1 aliphatic carbocycles. The van der Waals surface area contributed by atoms with Crippen LogP contribution in [0, 0.1) is 0 Å². The SMILES string of the molecule is CC(C)(C)c1ccc(C(=O)NCCC(=O)OCC(=O)NC2CCCc3ccccc32)cc1. The lowest BCUT2D eigenvalue weighted by Gasteiger charge is -2.26. The van der Waals surface area contributed by atoms with E-state index in [1.54, 1.807) is 12.1 Å². The van der Waals surface area contributed by atoms with E-state index in [2.05, 4.69) is 37.5 Å². The van der Waals surface area contributed by atoms with Crippen LogP contribution < -0.4 is 10.6 Å². The number of aryl methyl sites for hydroxylation is 1. The van der Waals surface area contributed by atoms with Gasteiger partial charge in [-0.2, -0.15) is 0 Å². The second kappa shape index (κ2) is 10.4. The summed E-state index contributed by atoms with van der Waals surface area (Å²) in [6, 6.07) is 15.5. The predicted octanol–water partition coefficient (Wildman–Crippen LogP) is 3.84. The summed E-state index contributed by atoms with van der Waals surface area (Å²) >= 11 is 0. The zero-order valence-electron chi connectivity index (χ0n) is 19.1. The van der Waals surface area contributed by atoms with Gasteiger partial charge >= 0.3 is 5.97 Å². The number of carbonyl (C=O) groups excluding carboxylic acids is 3. The third-order valence-corrected chi connectivity index (χ3v) is 5.70. The molecular formula is C26H32N2O4. The highest BCUT2D eigenvalue weighted by Crippen LogP contribution is 2.29. The van der Waals surface area contributed by atoms with Crippen LogP contribution in [0.25, 0.3) is 0 Å². The number of nitrogens with one attached hydrogen (secondary N) is 2. The molecule has 6 heteroatoms. The highest BCUT2D eigenvalue weighted by atomic mass is 16.5. The first kappa shape index (κ1) is 23.5. The Balaban J connectivity index is 1.37. The summed E-state index contributed by atoms with van der Waals surface area (Å²) in [5.41, 5.74) is 4.10. The zero-order chi connectivity index (χ0) is 23.1. The lowest BCUT2D eigenvalue weighted by atomic mass is 9.87. The summed E-state index contributed by atoms with van der Waals surface area (Å²) in [5, 5.41) is 5.67. The molecule has 1 atom stereocenters. The molecule has 0 aliphatic heterocycles. The van der Waals surface area contributed by atoms with E-state index in [4.69, 9.17) is 4.74 Å². The maximum atomic E-state index is 12.2. The normalized spacial score (nSPS) is 15.4. The molecule has 0 spiro atoms. The third-order valence-electron chi connectivity index (χ3n) is 5.70. The predicted molar refractivity (Wildman–Crippen MR) is 123 cm³/mol. The van der Waals surface area contributed by atoms with Crippen LogP contribution in [0.5, 0.6) is 0 Å². The number of rotatable bonds is 7. The molecule has 0 heterocycles. The van der Waals surface area contributed by atoms with Crippen LogP contribution in [-0.2, 0) is 26.2 Å². The van der Waals surface area contributed by atoms with Crippen molar-refractivity contribution in [1.29, 1.82) is 0 Å². The fraction of sp³-hybridized carbons (Fsp3) is 0.423. The van der Waals surface area contributed by atoms with Crippen LogP contribution in [0.15, 0.2) is 48.5 Å². The van der Waals surface area contributed by atoms with Crippen LogP contribution >= 0.6 is 0 Å². The molecule has 6 nitrogen and oxygen atoms in total. The number of hydrogen-bond acceptors (Lipinski definition) is 4. The standard InChI is InChI=1S/C26H32N2O4/c1-26(2,3)20-13-11-19(12-14-20)25(31)27-16-15-24(30)32-17-23(29)28-22-10-6-8-18-7-4-5-9-21(18)22/h4-5,7,9,11-14,22H,6,8,10,15-17H2,1-3H3,(H,27,31)(H,28,29). The quantitative estimate of drug-likeness (QED) is 0.646. The Morgan fingerprint density at radius 2 is 1.75 bits per heavy atom. The Labute approximate surface area is 189 Å². The van der Waals surface area contributed by atoms with Crippen molar-refractivity contribution in [2.45, 2.75) is 57.9 Å². The number of esters is 1. The lowest BCUT2D eigenvalue weighted by molar-refractivity contribution is -0.148. The van der Waals surface area contributed by atoms with Crippen molar-refractivity contribution in [3.05, 3.63) is 70.8 Å². The third kappa shape index (κ3) is 6.42. The van der Waals surface area contributed by atoms with Crippen molar-refractivity contribution < 1.29 is 19.1 Å². The average molecular weight is 437 g/mol. The van der Waals surface area contributed by atoms with Crippen molar-refractivity contribution >= 4 is 17.8 Å². The summed E-state index contributed by atoms with van der Waals surface area (Å²) in [7, 11) is 0. The summed E-state index contributed by atoms with van der Waals surface area (Å²) < 4.78 is 5.07. The maximum absolute atomic E-state index is 12.2. The van der Waals surface area contributed by atoms with Crippen molar-refractivity contribution in [1.82, 2.24) is 10.6 Å². The van der Waals surface area contributed by atoms with E-state index in [0.717, 1.165) is 30.4 Å². The van der Waals surface area contributed by atoms with Gasteiger partial charge in [-0.15, -0.1) is 0 Å². The van der Waals surface area contributed by atoms with Gasteiger partial charge in [-0.1, -0.05) is 57.2 Å². The number of benzene rings is 2. The topological polar surface area (TPSA) is 84.5 Å². The summed E-state index contributed by atoms with van der Waals surface area (Å²) in [4.78, 5) is 36.4. The van der Waals surface area contributed by atoms with Crippen molar-refractivity contribution in [2.75, 3.05) is 13.2 Å². The molecule has 0 saturated heterocycles. The van der Waals surface area contributed by atoms with Crippen LogP contribution in [0.3, 0.4) is 0 Å². The smallest absolute Gasteiger partial charge is 0.308 e. The fourth-order valence-electron chi connectivity index (χ4n) is 3.86. The van der Waals surface area contributed by atoms with Crippen LogP contribution in [-0.4, -0.2) is 30.9 Å². The van der Waals surface area contributed by atoms with E-state index in [1.165, 1.54) is 5.56 Å². The highest BCUT2D eigenvalue weighted by molar-refractivity contribution is 5.94. The van der Waals surface area contributed by atoms with Crippen LogP contribution in [0.4, 0.5) is 0 Å². The molecule has 2 amide bonds. The molecule has 0 aromatic heterocycles. The Morgan fingerprint density at radius 1 is 1.03 bits per heavy atom. The fourth-order valence-corrected chi connectivity index (χ4v) is 3.86. The van der Waals surface area contributed by atoms with Crippen molar-refractivity contribution in [2.24, 2.45) is 0 Å². The average Bonchev–Trinajstić information content (AvgIpc) is 2.77. The van der Waals surface area contributed by atoms with Gasteiger partial charge in [0.05, 0.1) is 12.5 Å². The number of fused-ring (bicyclic) bond motifs is 1. The summed E-state index contributed by atoms with van der Waals surface area (Å²) in [6.07, 6.45) is 2.91. The maximum Gasteiger partial charge on any atom is 0.308 e. The molecule has 2 N–H and O–H groups in total. The van der Waals surface area contributed by atoms with E-state index < -0.39 is 5.97 Å². The first-order valence-corrected chi connectivity index (χ1v) is 11.2. The molecule has 1 aliphatic rings. The number of ether oxygens (including phenoxy) is 1. The molecular weight excluding hydrogens is 404 g/mol. The lowest BCUT2D eigenvalue weighted by Crippen LogP contribution is -2.34. The first-order chi connectivity index (χ1) is 15.2. The van der Waals surface area contributed by atoms with Gasteiger partial charge < -0.3 is 15.4 Å². The van der Waals surface area contributed by atoms with Gasteiger partial charge in [-0.3, -0.25) is 14.4 Å². The Kier molecular flexibility index (Phi) is 7.67. The largest absolute Gasteiger partial charge is 0.456 e. The molecule has 0 radical (unpaired) electrons. The van der Waals surface area contributed by atoms with Crippen LogP contribution in [0.1, 0.15) is 73.1 Å². The molecule has 0 saturated carbocycles. The molecule has 0 bridgehead atoms. The zero-order valence-corrected chi connectivity index (χ0v) is 19.1. The van der Waals surface area contributed by atoms with Gasteiger partial charge in [0, 0.05) is 12.1 Å². The second-order valence-corrected chi connectivity index (χ2v) is 9.21. The second-order valence-electron chi connectivity index (χ2n) is 9.21. The van der Waals surface area contributed by atoms with Gasteiger partial charge in [-0.25, -0.2) is 0 Å². The number of carbonyl (C=O) groups is 3. The first-order valence-electron chi connectivity index (χ1n) is 11.2. The van der Waals surface area contributed by atoms with Crippen LogP contribution in [0.2, 0.25) is 0 Å². The summed E-state index contributed by atoms with van der Waals surface area (Å²) in [5.74, 6) is -1.08. The molecule has 1 unspecified atom stereocenters. The molecule has 2 aromatic carbocycles. The molecule has 2 aromatic rings. The Hall–Kier alpha value is -3.15. The molecule has 3 rings (SSSR count). The molecule has 32 heavy (non-hydrogen) atoms. The van der Waals surface area contributed by atoms with Gasteiger partial charge in [0.25, 0.3) is 11.8 Å². The van der Waals surface area contributed by atoms with E-state index in [1.807, 2.05) is 30.3 Å². The van der Waals surface area contributed by atoms with Crippen molar-refractivity contribution in [3.63, 3.8) is 0 Å². The van der Waals surface area contributed by atoms with E-state index in [0.29, 0.717) is 5.56 Å². The highest BCUT2D eigenvalue weighted by Gasteiger charge is 2.22. The van der Waals surface area contributed by atoms with Gasteiger partial charge in [-0.05, 0) is 53.5 Å². The minimum atomic E-state index is -0.521. The molecule has 170 valence electrons. The molecule has 0 fully saturated rings. The van der Waals surface area contributed by atoms with E-state index >= 15 is 0 Å². The minimum absolute atomic E-state index is 0.00531. The van der Waals surface area contributed by atoms with Gasteiger partial charge in [0.15, 0.2) is 6.61 Å². The number of amides is 2. The minimum Gasteiger partial charge on any atom is -0.456 e. The van der Waals surface area contributed by atoms with Gasteiger partial charge in [0.1, 0.15) is 0 Å². The number of hydrogen-bond donors (Lipinski definition) is 2. The Morgan fingerprint density at radius 3 is 2.47 bits per heavy atom. The van der Waals surface area contributed by atoms with Crippen molar-refractivity contribution in [3.8, 4) is 0 Å². The Bertz CT molecular complexity index is 961. The van der Waals surface area contributed by atoms with E-state index in [9.17, 15) is 14.4 Å². The monoisotopic (exact) mass is 436 g/mol. The van der Waals surface area contributed by atoms with Gasteiger partial charge in [0.2, 0.25) is 0 Å². The van der Waals surface area contributed by atoms with E-state index in [-0.39, 0.29) is 42.8 Å². The summed E-state index contributed by atoms with van der Waals surface area (Å²) in [6.45, 7) is 6.17.